The van der Waals surface area contributed by atoms with Gasteiger partial charge in [-0.2, -0.15) is 5.10 Å². The van der Waals surface area contributed by atoms with E-state index < -0.39 is 0 Å². The lowest BCUT2D eigenvalue weighted by molar-refractivity contribution is 0.0706. The van der Waals surface area contributed by atoms with E-state index in [4.69, 9.17) is 4.42 Å². The molecule has 3 aromatic heterocycles. The molecule has 0 bridgehead atoms. The summed E-state index contributed by atoms with van der Waals surface area (Å²) in [5.41, 5.74) is 1.32. The van der Waals surface area contributed by atoms with Crippen LogP contribution in [0.15, 0.2) is 41.2 Å². The van der Waals surface area contributed by atoms with Gasteiger partial charge in [0.2, 0.25) is 5.89 Å². The van der Waals surface area contributed by atoms with Crippen LogP contribution >= 0.6 is 0 Å². The van der Waals surface area contributed by atoms with E-state index in [1.54, 1.807) is 12.4 Å². The molecule has 8 nitrogen and oxygen atoms in total. The molecule has 0 radical (unpaired) electrons. The van der Waals surface area contributed by atoms with Crippen molar-refractivity contribution >= 4 is 5.91 Å². The highest BCUT2D eigenvalue weighted by molar-refractivity contribution is 5.93. The number of carbonyl (C=O) groups is 1. The molecule has 27 heavy (non-hydrogen) atoms. The molecule has 0 atom stereocenters. The Labute approximate surface area is 157 Å². The number of rotatable bonds is 5. The fraction of sp³-hybridized carbons (Fsp3) is 0.421. The van der Waals surface area contributed by atoms with Crippen molar-refractivity contribution in [2.45, 2.75) is 38.6 Å². The van der Waals surface area contributed by atoms with E-state index in [2.05, 4.69) is 27.2 Å². The maximum Gasteiger partial charge on any atom is 0.266 e. The van der Waals surface area contributed by atoms with Gasteiger partial charge in [-0.1, -0.05) is 13.0 Å². The first kappa shape index (κ1) is 17.4. The summed E-state index contributed by atoms with van der Waals surface area (Å²) in [5, 5.41) is 12.6. The highest BCUT2D eigenvalue weighted by atomic mass is 16.4. The molecular weight excluding hydrogens is 344 g/mol. The number of carbonyl (C=O) groups excluding carboxylic acids is 1. The molecule has 0 aliphatic carbocycles. The van der Waals surface area contributed by atoms with Crippen molar-refractivity contribution in [3.63, 3.8) is 0 Å². The molecule has 3 aromatic rings. The Kier molecular flexibility index (Phi) is 4.95. The first-order chi connectivity index (χ1) is 13.2. The molecule has 4 heterocycles. The maximum atomic E-state index is 12.7. The molecule has 140 valence electrons. The van der Waals surface area contributed by atoms with Gasteiger partial charge in [0.05, 0.1) is 11.8 Å². The molecule has 8 heteroatoms. The quantitative estimate of drug-likeness (QED) is 0.690. The van der Waals surface area contributed by atoms with E-state index in [9.17, 15) is 4.79 Å². The van der Waals surface area contributed by atoms with Gasteiger partial charge in [0.25, 0.3) is 11.8 Å². The predicted molar refractivity (Wildman–Crippen MR) is 97.9 cm³/mol. The number of aryl methyl sites for hydroxylation is 1. The summed E-state index contributed by atoms with van der Waals surface area (Å²) in [6, 6.07) is 5.58. The van der Waals surface area contributed by atoms with Gasteiger partial charge in [-0.15, -0.1) is 10.2 Å². The summed E-state index contributed by atoms with van der Waals surface area (Å²) in [6.07, 6.45) is 7.78. The number of piperidine rings is 1. The van der Waals surface area contributed by atoms with Crippen molar-refractivity contribution < 1.29 is 9.21 Å². The lowest BCUT2D eigenvalue weighted by Crippen LogP contribution is -2.37. The summed E-state index contributed by atoms with van der Waals surface area (Å²) in [5.74, 6) is 1.27. The summed E-state index contributed by atoms with van der Waals surface area (Å²) in [7, 11) is 0. The Morgan fingerprint density at radius 1 is 1.26 bits per heavy atom. The second-order valence-corrected chi connectivity index (χ2v) is 6.72. The zero-order chi connectivity index (χ0) is 18.6. The highest BCUT2D eigenvalue weighted by Gasteiger charge is 2.28. The van der Waals surface area contributed by atoms with Crippen LogP contribution in [0.1, 0.15) is 48.4 Å². The van der Waals surface area contributed by atoms with Gasteiger partial charge in [-0.05, 0) is 31.4 Å². The molecule has 0 aromatic carbocycles. The molecule has 0 saturated carbocycles. The van der Waals surface area contributed by atoms with Crippen LogP contribution in [0.2, 0.25) is 0 Å². The van der Waals surface area contributed by atoms with Crippen molar-refractivity contribution in [3.8, 4) is 11.6 Å². The van der Waals surface area contributed by atoms with Crippen LogP contribution in [0.5, 0.6) is 0 Å². The third kappa shape index (κ3) is 3.74. The Morgan fingerprint density at radius 3 is 2.85 bits per heavy atom. The van der Waals surface area contributed by atoms with Crippen LogP contribution in [0.4, 0.5) is 0 Å². The van der Waals surface area contributed by atoms with Gasteiger partial charge >= 0.3 is 0 Å². The van der Waals surface area contributed by atoms with Crippen molar-refractivity contribution in [2.24, 2.45) is 0 Å². The first-order valence-electron chi connectivity index (χ1n) is 9.31. The molecule has 1 saturated heterocycles. The predicted octanol–water partition coefficient (Wildman–Crippen LogP) is 2.76. The Bertz CT molecular complexity index is 896. The number of pyridine rings is 1. The summed E-state index contributed by atoms with van der Waals surface area (Å²) in [6.45, 7) is 4.25. The zero-order valence-corrected chi connectivity index (χ0v) is 15.3. The fourth-order valence-corrected chi connectivity index (χ4v) is 3.33. The summed E-state index contributed by atoms with van der Waals surface area (Å²) < 4.78 is 7.64. The van der Waals surface area contributed by atoms with Crippen molar-refractivity contribution in [1.29, 1.82) is 0 Å². The van der Waals surface area contributed by atoms with Crippen LogP contribution in [0.3, 0.4) is 0 Å². The fourth-order valence-electron chi connectivity index (χ4n) is 3.33. The molecular formula is C19H22N6O2. The second kappa shape index (κ2) is 7.69. The summed E-state index contributed by atoms with van der Waals surface area (Å²) in [4.78, 5) is 18.8. The van der Waals surface area contributed by atoms with Gasteiger partial charge in [0, 0.05) is 37.9 Å². The van der Waals surface area contributed by atoms with Gasteiger partial charge in [-0.3, -0.25) is 14.5 Å². The lowest BCUT2D eigenvalue weighted by Gasteiger charge is -2.30. The van der Waals surface area contributed by atoms with Crippen molar-refractivity contribution in [2.75, 3.05) is 13.1 Å². The van der Waals surface area contributed by atoms with E-state index in [1.807, 2.05) is 34.0 Å². The first-order valence-corrected chi connectivity index (χ1v) is 9.31. The maximum absolute atomic E-state index is 12.7. The monoisotopic (exact) mass is 366 g/mol. The van der Waals surface area contributed by atoms with Gasteiger partial charge in [0.1, 0.15) is 5.69 Å². The Hall–Kier alpha value is -3.03. The molecule has 0 spiro atoms. The third-order valence-corrected chi connectivity index (χ3v) is 4.79. The molecule has 1 fully saturated rings. The van der Waals surface area contributed by atoms with Crippen LogP contribution < -0.4 is 0 Å². The smallest absolute Gasteiger partial charge is 0.266 e. The minimum Gasteiger partial charge on any atom is -0.419 e. The molecule has 1 aliphatic heterocycles. The molecule has 1 aliphatic rings. The average Bonchev–Trinajstić information content (AvgIpc) is 3.39. The van der Waals surface area contributed by atoms with E-state index in [0.29, 0.717) is 36.1 Å². The normalized spacial score (nSPS) is 15.2. The van der Waals surface area contributed by atoms with Crippen LogP contribution in [-0.4, -0.2) is 48.9 Å². The second-order valence-electron chi connectivity index (χ2n) is 6.72. The lowest BCUT2D eigenvalue weighted by atomic mass is 9.96. The van der Waals surface area contributed by atoms with Crippen LogP contribution in [-0.2, 0) is 6.54 Å². The Balaban J connectivity index is 1.37. The van der Waals surface area contributed by atoms with Crippen molar-refractivity contribution in [1.82, 2.24) is 29.9 Å². The van der Waals surface area contributed by atoms with Crippen molar-refractivity contribution in [3.05, 3.63) is 48.2 Å². The van der Waals surface area contributed by atoms with Gasteiger partial charge in [0.15, 0.2) is 0 Å². The molecule has 0 N–H and O–H groups in total. The van der Waals surface area contributed by atoms with Crippen LogP contribution in [0, 0.1) is 0 Å². The largest absolute Gasteiger partial charge is 0.419 e. The number of hydrogen-bond donors (Lipinski definition) is 0. The number of amides is 1. The number of likely N-dealkylation sites (tertiary alicyclic amines) is 1. The standard InChI is InChI=1S/C19H22N6O2/c1-2-9-25-13-15(12-21-25)19(26)24-10-6-14(7-11-24)17-22-23-18(27-17)16-5-3-4-8-20-16/h3-5,8,12-14H,2,6-7,9-11H2,1H3. The molecule has 4 rings (SSSR count). The average molecular weight is 366 g/mol. The highest BCUT2D eigenvalue weighted by Crippen LogP contribution is 2.29. The van der Waals surface area contributed by atoms with E-state index in [0.717, 1.165) is 25.8 Å². The van der Waals surface area contributed by atoms with E-state index in [1.165, 1.54) is 0 Å². The van der Waals surface area contributed by atoms with Gasteiger partial charge in [-0.25, -0.2) is 0 Å². The molecule has 1 amide bonds. The SMILES string of the molecule is CCCn1cc(C(=O)N2CCC(c3nnc(-c4ccccn4)o3)CC2)cn1. The van der Waals surface area contributed by atoms with E-state index in [-0.39, 0.29) is 11.8 Å². The zero-order valence-electron chi connectivity index (χ0n) is 15.3. The van der Waals surface area contributed by atoms with E-state index >= 15 is 0 Å². The van der Waals surface area contributed by atoms with Crippen LogP contribution in [0.25, 0.3) is 11.6 Å². The topological polar surface area (TPSA) is 89.9 Å². The number of hydrogen-bond acceptors (Lipinski definition) is 6. The van der Waals surface area contributed by atoms with Gasteiger partial charge < -0.3 is 9.32 Å². The minimum atomic E-state index is 0.0375. The minimum absolute atomic E-state index is 0.0375. The third-order valence-electron chi connectivity index (χ3n) is 4.79. The summed E-state index contributed by atoms with van der Waals surface area (Å²) >= 11 is 0. The molecule has 0 unspecified atom stereocenters. The number of aromatic nitrogens is 5. The number of nitrogens with zero attached hydrogens (tertiary/aromatic N) is 6. The Morgan fingerprint density at radius 2 is 2.11 bits per heavy atom.